The topological polar surface area (TPSA) is 39.2 Å². The third kappa shape index (κ3) is 2.09. The lowest BCUT2D eigenvalue weighted by molar-refractivity contribution is 0.0606. The van der Waals surface area contributed by atoms with Crippen LogP contribution >= 0.6 is 11.3 Å². The second kappa shape index (κ2) is 4.40. The summed E-state index contributed by atoms with van der Waals surface area (Å²) in [5, 5.41) is 0. The van der Waals surface area contributed by atoms with E-state index in [2.05, 4.69) is 9.72 Å². The molecule has 16 heavy (non-hydrogen) atoms. The zero-order chi connectivity index (χ0) is 11.5. The molecule has 0 atom stereocenters. The van der Waals surface area contributed by atoms with Gasteiger partial charge in [0.05, 0.1) is 13.3 Å². The molecule has 0 unspecified atom stereocenters. The van der Waals surface area contributed by atoms with Crippen molar-refractivity contribution in [1.29, 1.82) is 0 Å². The summed E-state index contributed by atoms with van der Waals surface area (Å²) in [7, 11) is 1.32. The van der Waals surface area contributed by atoms with Gasteiger partial charge >= 0.3 is 5.97 Å². The van der Waals surface area contributed by atoms with Crippen LogP contribution in [0.3, 0.4) is 0 Å². The Balaban J connectivity index is 2.35. The molecule has 82 valence electrons. The molecule has 2 aromatic heterocycles. The van der Waals surface area contributed by atoms with Gasteiger partial charge < -0.3 is 4.74 Å². The van der Waals surface area contributed by atoms with Crippen molar-refractivity contribution in [3.63, 3.8) is 0 Å². The average Bonchev–Trinajstić information content (AvgIpc) is 2.77. The Hall–Kier alpha value is -1.75. The van der Waals surface area contributed by atoms with E-state index in [1.807, 2.05) is 0 Å². The lowest BCUT2D eigenvalue weighted by Crippen LogP contribution is -1.96. The minimum absolute atomic E-state index is 0.388. The Morgan fingerprint density at radius 3 is 2.94 bits per heavy atom. The number of aromatic nitrogens is 1. The minimum atomic E-state index is -0.398. The Morgan fingerprint density at radius 2 is 2.25 bits per heavy atom. The molecule has 0 aliphatic rings. The predicted octanol–water partition coefficient (Wildman–Crippen LogP) is 2.74. The van der Waals surface area contributed by atoms with E-state index in [0.717, 1.165) is 11.1 Å². The fourth-order valence-electron chi connectivity index (χ4n) is 1.25. The number of halogens is 1. The number of hydrogen-bond acceptors (Lipinski definition) is 4. The van der Waals surface area contributed by atoms with Gasteiger partial charge in [0.15, 0.2) is 0 Å². The highest BCUT2D eigenvalue weighted by molar-refractivity contribution is 7.17. The molecule has 0 spiro atoms. The van der Waals surface area contributed by atoms with Crippen LogP contribution in [0.15, 0.2) is 30.6 Å². The molecule has 0 fully saturated rings. The van der Waals surface area contributed by atoms with Crippen molar-refractivity contribution in [2.45, 2.75) is 0 Å². The zero-order valence-electron chi connectivity index (χ0n) is 8.44. The summed E-state index contributed by atoms with van der Waals surface area (Å²) in [5.41, 5.74) is 0.653. The van der Waals surface area contributed by atoms with Crippen LogP contribution in [-0.2, 0) is 4.74 Å². The van der Waals surface area contributed by atoms with Crippen LogP contribution in [0.4, 0.5) is 4.39 Å². The molecule has 0 saturated carbocycles. The van der Waals surface area contributed by atoms with Crippen LogP contribution in [0.25, 0.3) is 10.4 Å². The van der Waals surface area contributed by atoms with Crippen molar-refractivity contribution in [2.75, 3.05) is 7.11 Å². The number of ether oxygens (including phenoxy) is 1. The van der Waals surface area contributed by atoms with E-state index in [1.54, 1.807) is 18.3 Å². The molecule has 3 nitrogen and oxygen atoms in total. The first-order valence-corrected chi connectivity index (χ1v) is 5.31. The summed E-state index contributed by atoms with van der Waals surface area (Å²) >= 11 is 1.25. The smallest absolute Gasteiger partial charge is 0.348 e. The Bertz CT molecular complexity index is 524. The van der Waals surface area contributed by atoms with Crippen molar-refractivity contribution in [3.05, 3.63) is 41.3 Å². The number of methoxy groups -OCH3 is 1. The van der Waals surface area contributed by atoms with Gasteiger partial charge in [-0.05, 0) is 18.2 Å². The van der Waals surface area contributed by atoms with E-state index in [-0.39, 0.29) is 5.97 Å². The molecule has 0 aromatic carbocycles. The van der Waals surface area contributed by atoms with E-state index in [9.17, 15) is 9.18 Å². The van der Waals surface area contributed by atoms with Crippen molar-refractivity contribution in [2.24, 2.45) is 0 Å². The van der Waals surface area contributed by atoms with Crippen molar-refractivity contribution in [1.82, 2.24) is 4.98 Å². The molecule has 0 saturated heterocycles. The van der Waals surface area contributed by atoms with Gasteiger partial charge in [0.1, 0.15) is 10.7 Å². The van der Waals surface area contributed by atoms with Gasteiger partial charge in [0.25, 0.3) is 0 Å². The van der Waals surface area contributed by atoms with E-state index >= 15 is 0 Å². The predicted molar refractivity (Wildman–Crippen MR) is 58.8 cm³/mol. The third-order valence-electron chi connectivity index (χ3n) is 1.98. The highest BCUT2D eigenvalue weighted by atomic mass is 32.1. The van der Waals surface area contributed by atoms with Gasteiger partial charge in [-0.3, -0.25) is 4.98 Å². The molecule has 0 bridgehead atoms. The number of nitrogens with zero attached hydrogens (tertiary/aromatic N) is 1. The summed E-state index contributed by atoms with van der Waals surface area (Å²) < 4.78 is 17.5. The van der Waals surface area contributed by atoms with Crippen LogP contribution < -0.4 is 0 Å². The van der Waals surface area contributed by atoms with Gasteiger partial charge in [-0.25, -0.2) is 9.18 Å². The van der Waals surface area contributed by atoms with Crippen LogP contribution in [0.1, 0.15) is 9.67 Å². The molecule has 2 aromatic rings. The van der Waals surface area contributed by atoms with Crippen LogP contribution in [0.5, 0.6) is 0 Å². The van der Waals surface area contributed by atoms with Crippen molar-refractivity contribution >= 4 is 17.3 Å². The van der Waals surface area contributed by atoms with Gasteiger partial charge in [-0.1, -0.05) is 0 Å². The molecule has 0 N–H and O–H groups in total. The fraction of sp³-hybridized carbons (Fsp3) is 0.0909. The number of thiophene rings is 1. The monoisotopic (exact) mass is 237 g/mol. The molecule has 0 aliphatic carbocycles. The van der Waals surface area contributed by atoms with Gasteiger partial charge in [-0.2, -0.15) is 0 Å². The second-order valence-corrected chi connectivity index (χ2v) is 4.13. The van der Waals surface area contributed by atoms with E-state index < -0.39 is 5.82 Å². The highest BCUT2D eigenvalue weighted by Crippen LogP contribution is 2.28. The Labute approximate surface area is 95.5 Å². The summed E-state index contributed by atoms with van der Waals surface area (Å²) in [6.07, 6.45) is 2.69. The SMILES string of the molecule is COC(=O)c1ccc(-c2cncc(F)c2)s1. The maximum Gasteiger partial charge on any atom is 0.348 e. The van der Waals surface area contributed by atoms with Gasteiger partial charge in [0.2, 0.25) is 0 Å². The highest BCUT2D eigenvalue weighted by Gasteiger charge is 2.10. The number of esters is 1. The summed E-state index contributed by atoms with van der Waals surface area (Å²) in [6.45, 7) is 0. The lowest BCUT2D eigenvalue weighted by atomic mass is 10.2. The molecule has 0 amide bonds. The number of hydrogen-bond donors (Lipinski definition) is 0. The standard InChI is InChI=1S/C11H8FNO2S/c1-15-11(14)10-3-2-9(16-10)7-4-8(12)6-13-5-7/h2-6H,1H3. The maximum absolute atomic E-state index is 12.9. The first-order chi connectivity index (χ1) is 7.70. The molecular formula is C11H8FNO2S. The molecule has 0 aliphatic heterocycles. The van der Waals surface area contributed by atoms with Crippen LogP contribution in [0.2, 0.25) is 0 Å². The van der Waals surface area contributed by atoms with Crippen molar-refractivity contribution < 1.29 is 13.9 Å². The van der Waals surface area contributed by atoms with E-state index in [1.165, 1.54) is 24.5 Å². The largest absolute Gasteiger partial charge is 0.465 e. The number of carbonyl (C=O) groups excluding carboxylic acids is 1. The zero-order valence-corrected chi connectivity index (χ0v) is 9.25. The molecular weight excluding hydrogens is 229 g/mol. The third-order valence-corrected chi connectivity index (χ3v) is 3.10. The Kier molecular flexibility index (Phi) is 2.96. The first-order valence-electron chi connectivity index (χ1n) is 4.50. The number of pyridine rings is 1. The summed E-state index contributed by atoms with van der Waals surface area (Å²) in [6, 6.07) is 4.77. The van der Waals surface area contributed by atoms with Crippen LogP contribution in [0, 0.1) is 5.82 Å². The van der Waals surface area contributed by atoms with Gasteiger partial charge in [0, 0.05) is 16.6 Å². The van der Waals surface area contributed by atoms with E-state index in [0.29, 0.717) is 10.4 Å². The number of rotatable bonds is 2. The molecule has 2 rings (SSSR count). The summed E-state index contributed by atoms with van der Waals surface area (Å²) in [4.78, 5) is 16.2. The lowest BCUT2D eigenvalue weighted by Gasteiger charge is -1.96. The number of carbonyl (C=O) groups is 1. The van der Waals surface area contributed by atoms with Crippen molar-refractivity contribution in [3.8, 4) is 10.4 Å². The molecule has 2 heterocycles. The maximum atomic E-state index is 12.9. The van der Waals surface area contributed by atoms with Gasteiger partial charge in [-0.15, -0.1) is 11.3 Å². The molecule has 0 radical (unpaired) electrons. The summed E-state index contributed by atoms with van der Waals surface area (Å²) in [5.74, 6) is -0.786. The van der Waals surface area contributed by atoms with Crippen LogP contribution in [-0.4, -0.2) is 18.1 Å². The van der Waals surface area contributed by atoms with E-state index in [4.69, 9.17) is 0 Å². The minimum Gasteiger partial charge on any atom is -0.465 e. The first kappa shape index (κ1) is 10.8. The second-order valence-electron chi connectivity index (χ2n) is 3.05. The normalized spacial score (nSPS) is 10.1. The fourth-order valence-corrected chi connectivity index (χ4v) is 2.16. The average molecular weight is 237 g/mol. The Morgan fingerprint density at radius 1 is 1.44 bits per heavy atom. The molecule has 5 heteroatoms. The quantitative estimate of drug-likeness (QED) is 0.754.